The molecule has 0 radical (unpaired) electrons. The van der Waals surface area contributed by atoms with Gasteiger partial charge in [-0.1, -0.05) is 53.7 Å². The summed E-state index contributed by atoms with van der Waals surface area (Å²) in [7, 11) is 0. The van der Waals surface area contributed by atoms with Crippen LogP contribution >= 0.6 is 11.8 Å². The summed E-state index contributed by atoms with van der Waals surface area (Å²) in [6.07, 6.45) is 0.373. The molecule has 0 amide bonds. The van der Waals surface area contributed by atoms with Crippen molar-refractivity contribution < 1.29 is 4.74 Å². The number of rotatable bonds is 7. The first-order chi connectivity index (χ1) is 13.1. The monoisotopic (exact) mass is 382 g/mol. The molecule has 0 bridgehead atoms. The number of hydrogen-bond acceptors (Lipinski definition) is 6. The molecule has 3 aromatic rings. The van der Waals surface area contributed by atoms with Gasteiger partial charge in [0.2, 0.25) is 5.16 Å². The summed E-state index contributed by atoms with van der Waals surface area (Å²) in [5, 5.41) is 8.64. The molecule has 0 aliphatic carbocycles. The zero-order valence-corrected chi connectivity index (χ0v) is 16.2. The lowest BCUT2D eigenvalue weighted by Crippen LogP contribution is -2.33. The first-order valence-electron chi connectivity index (χ1n) is 8.70. The van der Waals surface area contributed by atoms with E-state index >= 15 is 0 Å². The second-order valence-electron chi connectivity index (χ2n) is 6.13. The van der Waals surface area contributed by atoms with Crippen molar-refractivity contribution in [1.29, 1.82) is 0 Å². The molecule has 2 N–H and O–H groups in total. The van der Waals surface area contributed by atoms with E-state index < -0.39 is 0 Å². The van der Waals surface area contributed by atoms with Gasteiger partial charge in [-0.25, -0.2) is 0 Å². The second-order valence-corrected chi connectivity index (χ2v) is 7.07. The van der Waals surface area contributed by atoms with Gasteiger partial charge in [-0.3, -0.25) is 4.79 Å². The Morgan fingerprint density at radius 1 is 1.04 bits per heavy atom. The summed E-state index contributed by atoms with van der Waals surface area (Å²) in [4.78, 5) is 12.5. The van der Waals surface area contributed by atoms with Crippen LogP contribution in [-0.4, -0.2) is 21.5 Å². The molecule has 0 atom stereocenters. The SMILES string of the molecule is CCOc1ccc(Cc2nnc(SCc3ccc(C)cc3)n(N)c2=O)cc1. The predicted molar refractivity (Wildman–Crippen MR) is 108 cm³/mol. The van der Waals surface area contributed by atoms with Crippen LogP contribution in [0.25, 0.3) is 0 Å². The molecule has 27 heavy (non-hydrogen) atoms. The minimum atomic E-state index is -0.328. The molecule has 0 aliphatic rings. The predicted octanol–water partition coefficient (Wildman–Crippen LogP) is 2.94. The first-order valence-corrected chi connectivity index (χ1v) is 9.69. The Morgan fingerprint density at radius 2 is 1.70 bits per heavy atom. The molecule has 0 saturated carbocycles. The van der Waals surface area contributed by atoms with Crippen LogP contribution in [0.15, 0.2) is 58.5 Å². The highest BCUT2D eigenvalue weighted by Gasteiger charge is 2.12. The van der Waals surface area contributed by atoms with Crippen molar-refractivity contribution in [3.63, 3.8) is 0 Å². The van der Waals surface area contributed by atoms with Gasteiger partial charge in [0.05, 0.1) is 6.61 Å². The normalized spacial score (nSPS) is 10.7. The maximum Gasteiger partial charge on any atom is 0.294 e. The van der Waals surface area contributed by atoms with Crippen LogP contribution in [0.1, 0.15) is 29.3 Å². The van der Waals surface area contributed by atoms with Gasteiger partial charge in [0.15, 0.2) is 0 Å². The number of aryl methyl sites for hydroxylation is 1. The molecule has 0 saturated heterocycles. The summed E-state index contributed by atoms with van der Waals surface area (Å²) >= 11 is 1.39. The Hall–Kier alpha value is -2.80. The van der Waals surface area contributed by atoms with Gasteiger partial charge in [0.1, 0.15) is 11.4 Å². The number of aromatic nitrogens is 3. The van der Waals surface area contributed by atoms with Crippen LogP contribution < -0.4 is 16.1 Å². The van der Waals surface area contributed by atoms with Gasteiger partial charge in [-0.05, 0) is 37.1 Å². The Morgan fingerprint density at radius 3 is 2.37 bits per heavy atom. The van der Waals surface area contributed by atoms with Crippen molar-refractivity contribution in [1.82, 2.24) is 14.9 Å². The Balaban J connectivity index is 1.70. The number of ether oxygens (including phenoxy) is 1. The number of nitrogen functional groups attached to an aromatic ring is 1. The maximum atomic E-state index is 12.5. The lowest BCUT2D eigenvalue weighted by Gasteiger charge is -2.08. The zero-order valence-electron chi connectivity index (χ0n) is 15.4. The molecule has 0 unspecified atom stereocenters. The topological polar surface area (TPSA) is 83.0 Å². The van der Waals surface area contributed by atoms with E-state index in [-0.39, 0.29) is 5.56 Å². The quantitative estimate of drug-likeness (QED) is 0.500. The van der Waals surface area contributed by atoms with E-state index in [0.717, 1.165) is 21.6 Å². The summed E-state index contributed by atoms with van der Waals surface area (Å²) in [5.74, 6) is 7.42. The van der Waals surface area contributed by atoms with Crippen molar-refractivity contribution in [2.45, 2.75) is 31.2 Å². The number of thioether (sulfide) groups is 1. The van der Waals surface area contributed by atoms with Crippen molar-refractivity contribution >= 4 is 11.8 Å². The molecule has 1 heterocycles. The van der Waals surface area contributed by atoms with Crippen molar-refractivity contribution in [2.24, 2.45) is 0 Å². The number of benzene rings is 2. The van der Waals surface area contributed by atoms with Crippen molar-refractivity contribution in [2.75, 3.05) is 12.4 Å². The fourth-order valence-electron chi connectivity index (χ4n) is 2.53. The van der Waals surface area contributed by atoms with Crippen LogP contribution in [0.5, 0.6) is 5.75 Å². The van der Waals surface area contributed by atoms with Crippen LogP contribution in [0.3, 0.4) is 0 Å². The minimum Gasteiger partial charge on any atom is -0.494 e. The maximum absolute atomic E-state index is 12.5. The van der Waals surface area contributed by atoms with E-state index in [4.69, 9.17) is 10.6 Å². The molecule has 6 nitrogen and oxygen atoms in total. The Bertz CT molecular complexity index is 953. The average molecular weight is 382 g/mol. The smallest absolute Gasteiger partial charge is 0.294 e. The Kier molecular flexibility index (Phi) is 6.13. The number of hydrogen-bond donors (Lipinski definition) is 1. The molecule has 2 aromatic carbocycles. The molecular formula is C20H22N4O2S. The first kappa shape index (κ1) is 19.0. The largest absolute Gasteiger partial charge is 0.494 e. The molecule has 1 aromatic heterocycles. The molecule has 0 aliphatic heterocycles. The third-order valence-electron chi connectivity index (χ3n) is 4.02. The van der Waals surface area contributed by atoms with Crippen LogP contribution in [-0.2, 0) is 12.2 Å². The van der Waals surface area contributed by atoms with Crippen LogP contribution in [0.2, 0.25) is 0 Å². The second kappa shape index (κ2) is 8.73. The van der Waals surface area contributed by atoms with E-state index in [1.54, 1.807) is 0 Å². The fraction of sp³-hybridized carbons (Fsp3) is 0.250. The zero-order chi connectivity index (χ0) is 19.2. The molecular weight excluding hydrogens is 360 g/mol. The molecule has 3 rings (SSSR count). The number of nitrogens with zero attached hydrogens (tertiary/aromatic N) is 3. The van der Waals surface area contributed by atoms with Gasteiger partial charge in [-0.2, -0.15) is 4.68 Å². The molecule has 140 valence electrons. The minimum absolute atomic E-state index is 0.321. The van der Waals surface area contributed by atoms with Gasteiger partial charge in [0.25, 0.3) is 5.56 Å². The number of nitrogens with two attached hydrogens (primary N) is 1. The molecule has 0 fully saturated rings. The van der Waals surface area contributed by atoms with E-state index in [0.29, 0.717) is 29.6 Å². The summed E-state index contributed by atoms with van der Waals surface area (Å²) < 4.78 is 6.50. The highest BCUT2D eigenvalue weighted by molar-refractivity contribution is 7.98. The van der Waals surface area contributed by atoms with Gasteiger partial charge in [-0.15, -0.1) is 10.2 Å². The average Bonchev–Trinajstić information content (AvgIpc) is 2.68. The van der Waals surface area contributed by atoms with E-state index in [2.05, 4.69) is 34.5 Å². The summed E-state index contributed by atoms with van der Waals surface area (Å²) in [5.41, 5.74) is 3.28. The fourth-order valence-corrected chi connectivity index (χ4v) is 3.33. The van der Waals surface area contributed by atoms with Gasteiger partial charge < -0.3 is 10.6 Å². The standard InChI is InChI=1S/C20H22N4O2S/c1-3-26-17-10-8-15(9-11-17)12-18-19(25)24(21)20(23-22-18)27-13-16-6-4-14(2)5-7-16/h4-11H,3,12-13,21H2,1-2H3. The third-order valence-corrected chi connectivity index (χ3v) is 5.04. The van der Waals surface area contributed by atoms with Crippen molar-refractivity contribution in [3.05, 3.63) is 81.3 Å². The van der Waals surface area contributed by atoms with E-state index in [1.807, 2.05) is 38.1 Å². The third kappa shape index (κ3) is 4.89. The highest BCUT2D eigenvalue weighted by Crippen LogP contribution is 2.19. The Labute approximate surface area is 162 Å². The van der Waals surface area contributed by atoms with Crippen LogP contribution in [0.4, 0.5) is 0 Å². The van der Waals surface area contributed by atoms with Crippen molar-refractivity contribution in [3.8, 4) is 5.75 Å². The summed E-state index contributed by atoms with van der Waals surface area (Å²) in [6, 6.07) is 15.8. The lowest BCUT2D eigenvalue weighted by molar-refractivity contribution is 0.340. The summed E-state index contributed by atoms with van der Waals surface area (Å²) in [6.45, 7) is 4.60. The van der Waals surface area contributed by atoms with Gasteiger partial charge in [0, 0.05) is 12.2 Å². The van der Waals surface area contributed by atoms with E-state index in [1.165, 1.54) is 17.3 Å². The molecule has 7 heteroatoms. The van der Waals surface area contributed by atoms with Crippen LogP contribution in [0, 0.1) is 6.92 Å². The van der Waals surface area contributed by atoms with Gasteiger partial charge >= 0.3 is 0 Å². The van der Waals surface area contributed by atoms with E-state index in [9.17, 15) is 4.79 Å². The highest BCUT2D eigenvalue weighted by atomic mass is 32.2. The molecule has 0 spiro atoms. The lowest BCUT2D eigenvalue weighted by atomic mass is 10.1.